The first-order chi connectivity index (χ1) is 8.63. The summed E-state index contributed by atoms with van der Waals surface area (Å²) in [5, 5.41) is 13.6. The number of hydrogen-bond donors (Lipinski definition) is 3. The third kappa shape index (κ3) is 2.38. The number of nitrogens with two attached hydrogens (primary N) is 1. The number of anilines is 2. The molecule has 0 aliphatic carbocycles. The number of benzene rings is 1. The smallest absolute Gasteiger partial charge is 0.0951 e. The Morgan fingerprint density at radius 1 is 1.33 bits per heavy atom. The van der Waals surface area contributed by atoms with Crippen LogP contribution >= 0.6 is 0 Å². The largest absolute Gasteiger partial charge is 0.397 e. The Balaban J connectivity index is 2.37. The molecule has 4 N–H and O–H groups in total. The highest BCUT2D eigenvalue weighted by Crippen LogP contribution is 2.27. The molecule has 0 spiro atoms. The van der Waals surface area contributed by atoms with Gasteiger partial charge in [-0.05, 0) is 37.1 Å². The predicted molar refractivity (Wildman–Crippen MR) is 75.5 cm³/mol. The highest BCUT2D eigenvalue weighted by Gasteiger charge is 2.12. The standard InChI is InChI=1S/C14H19N3O/c1-9(8-18)10(2)17-13-6-5-12(15)14-11(13)4-3-7-16-14/h3-7,9-10,17-18H,8,15H2,1-2H3. The number of aliphatic hydroxyl groups excluding tert-OH is 1. The second-order valence-corrected chi connectivity index (χ2v) is 4.69. The number of nitrogens with one attached hydrogen (secondary N) is 1. The molecular formula is C14H19N3O. The van der Waals surface area contributed by atoms with E-state index in [4.69, 9.17) is 10.8 Å². The first-order valence-corrected chi connectivity index (χ1v) is 6.14. The number of pyridine rings is 1. The number of fused-ring (bicyclic) bond motifs is 1. The molecule has 0 aliphatic heterocycles. The highest BCUT2D eigenvalue weighted by atomic mass is 16.3. The Bertz CT molecular complexity index is 542. The van der Waals surface area contributed by atoms with Crippen LogP contribution in [0.25, 0.3) is 10.9 Å². The van der Waals surface area contributed by atoms with E-state index in [9.17, 15) is 0 Å². The van der Waals surface area contributed by atoms with Gasteiger partial charge in [-0.25, -0.2) is 0 Å². The zero-order valence-corrected chi connectivity index (χ0v) is 10.7. The fourth-order valence-corrected chi connectivity index (χ4v) is 1.87. The van der Waals surface area contributed by atoms with Crippen LogP contribution < -0.4 is 11.1 Å². The molecule has 0 amide bonds. The summed E-state index contributed by atoms with van der Waals surface area (Å²) < 4.78 is 0. The molecule has 1 aromatic heterocycles. The summed E-state index contributed by atoms with van der Waals surface area (Å²) in [6, 6.07) is 7.89. The number of aliphatic hydroxyl groups is 1. The number of aromatic nitrogens is 1. The molecule has 18 heavy (non-hydrogen) atoms. The van der Waals surface area contributed by atoms with Crippen molar-refractivity contribution in [2.45, 2.75) is 19.9 Å². The molecule has 0 bridgehead atoms. The van der Waals surface area contributed by atoms with Gasteiger partial charge in [-0.15, -0.1) is 0 Å². The number of hydrogen-bond acceptors (Lipinski definition) is 4. The van der Waals surface area contributed by atoms with Gasteiger partial charge in [0.25, 0.3) is 0 Å². The van der Waals surface area contributed by atoms with Crippen molar-refractivity contribution in [1.29, 1.82) is 0 Å². The summed E-state index contributed by atoms with van der Waals surface area (Å²) in [5.41, 5.74) is 8.40. The molecule has 0 saturated heterocycles. The van der Waals surface area contributed by atoms with E-state index >= 15 is 0 Å². The fourth-order valence-electron chi connectivity index (χ4n) is 1.87. The average molecular weight is 245 g/mol. The van der Waals surface area contributed by atoms with E-state index in [1.807, 2.05) is 31.2 Å². The minimum Gasteiger partial charge on any atom is -0.397 e. The van der Waals surface area contributed by atoms with Gasteiger partial charge in [-0.1, -0.05) is 6.92 Å². The van der Waals surface area contributed by atoms with Gasteiger partial charge in [0.2, 0.25) is 0 Å². The normalized spacial score (nSPS) is 14.4. The van der Waals surface area contributed by atoms with Crippen LogP contribution in [0.15, 0.2) is 30.5 Å². The monoisotopic (exact) mass is 245 g/mol. The van der Waals surface area contributed by atoms with Crippen molar-refractivity contribution in [2.24, 2.45) is 5.92 Å². The summed E-state index contributed by atoms with van der Waals surface area (Å²) in [6.07, 6.45) is 1.74. The Labute approximate surface area is 107 Å². The van der Waals surface area contributed by atoms with Crippen molar-refractivity contribution < 1.29 is 5.11 Å². The molecular weight excluding hydrogens is 226 g/mol. The molecule has 2 unspecified atom stereocenters. The van der Waals surface area contributed by atoms with Crippen LogP contribution in [0.2, 0.25) is 0 Å². The molecule has 1 heterocycles. The molecule has 0 aliphatic rings. The molecule has 2 atom stereocenters. The zero-order chi connectivity index (χ0) is 13.1. The first-order valence-electron chi connectivity index (χ1n) is 6.14. The number of nitrogens with zero attached hydrogens (tertiary/aromatic N) is 1. The quantitative estimate of drug-likeness (QED) is 0.722. The van der Waals surface area contributed by atoms with Crippen LogP contribution in [-0.4, -0.2) is 22.7 Å². The Morgan fingerprint density at radius 2 is 2.11 bits per heavy atom. The van der Waals surface area contributed by atoms with Crippen LogP contribution in [0.4, 0.5) is 11.4 Å². The third-order valence-corrected chi connectivity index (χ3v) is 3.33. The van der Waals surface area contributed by atoms with E-state index in [0.29, 0.717) is 5.69 Å². The van der Waals surface area contributed by atoms with Gasteiger partial charge in [0, 0.05) is 29.9 Å². The molecule has 1 aromatic carbocycles. The van der Waals surface area contributed by atoms with E-state index in [2.05, 4.69) is 17.2 Å². The van der Waals surface area contributed by atoms with Crippen LogP contribution in [0.3, 0.4) is 0 Å². The minimum atomic E-state index is 0.166. The highest BCUT2D eigenvalue weighted by molar-refractivity contribution is 5.98. The number of nitrogen functional groups attached to an aromatic ring is 1. The second kappa shape index (κ2) is 5.23. The summed E-state index contributed by atoms with van der Waals surface area (Å²) in [4.78, 5) is 4.30. The fraction of sp³-hybridized carbons (Fsp3) is 0.357. The van der Waals surface area contributed by atoms with Crippen LogP contribution in [0.1, 0.15) is 13.8 Å². The van der Waals surface area contributed by atoms with Gasteiger partial charge < -0.3 is 16.2 Å². The van der Waals surface area contributed by atoms with E-state index in [-0.39, 0.29) is 18.6 Å². The van der Waals surface area contributed by atoms with Gasteiger partial charge in [0.1, 0.15) is 0 Å². The minimum absolute atomic E-state index is 0.166. The van der Waals surface area contributed by atoms with Crippen molar-refractivity contribution in [3.8, 4) is 0 Å². The lowest BCUT2D eigenvalue weighted by atomic mass is 10.0. The van der Waals surface area contributed by atoms with E-state index in [0.717, 1.165) is 16.6 Å². The van der Waals surface area contributed by atoms with Crippen molar-refractivity contribution in [2.75, 3.05) is 17.7 Å². The molecule has 2 aromatic rings. The van der Waals surface area contributed by atoms with E-state index in [1.54, 1.807) is 6.20 Å². The van der Waals surface area contributed by atoms with Gasteiger partial charge in [0.15, 0.2) is 0 Å². The first kappa shape index (κ1) is 12.6. The summed E-state index contributed by atoms with van der Waals surface area (Å²) >= 11 is 0. The molecule has 0 radical (unpaired) electrons. The lowest BCUT2D eigenvalue weighted by molar-refractivity contribution is 0.226. The average Bonchev–Trinajstić information content (AvgIpc) is 2.41. The van der Waals surface area contributed by atoms with E-state index < -0.39 is 0 Å². The van der Waals surface area contributed by atoms with Gasteiger partial charge in [-0.3, -0.25) is 4.98 Å². The van der Waals surface area contributed by atoms with E-state index in [1.165, 1.54) is 0 Å². The Hall–Kier alpha value is -1.81. The molecule has 4 nitrogen and oxygen atoms in total. The molecule has 0 saturated carbocycles. The Kier molecular flexibility index (Phi) is 3.67. The maximum Gasteiger partial charge on any atom is 0.0951 e. The van der Waals surface area contributed by atoms with Crippen molar-refractivity contribution in [3.63, 3.8) is 0 Å². The number of rotatable bonds is 4. The van der Waals surface area contributed by atoms with Crippen molar-refractivity contribution in [3.05, 3.63) is 30.5 Å². The van der Waals surface area contributed by atoms with Crippen molar-refractivity contribution in [1.82, 2.24) is 4.98 Å². The molecule has 0 fully saturated rings. The SMILES string of the molecule is CC(CO)C(C)Nc1ccc(N)c2ncccc12. The van der Waals surface area contributed by atoms with Gasteiger partial charge >= 0.3 is 0 Å². The van der Waals surface area contributed by atoms with Crippen LogP contribution in [-0.2, 0) is 0 Å². The summed E-state index contributed by atoms with van der Waals surface area (Å²) in [5.74, 6) is 0.189. The molecule has 4 heteroatoms. The topological polar surface area (TPSA) is 71.2 Å². The van der Waals surface area contributed by atoms with Crippen LogP contribution in [0, 0.1) is 5.92 Å². The zero-order valence-electron chi connectivity index (χ0n) is 10.7. The third-order valence-electron chi connectivity index (χ3n) is 3.33. The van der Waals surface area contributed by atoms with Gasteiger partial charge in [0.05, 0.1) is 11.2 Å². The van der Waals surface area contributed by atoms with Gasteiger partial charge in [-0.2, -0.15) is 0 Å². The Morgan fingerprint density at radius 3 is 2.83 bits per heavy atom. The lowest BCUT2D eigenvalue weighted by Crippen LogP contribution is -2.26. The summed E-state index contributed by atoms with van der Waals surface area (Å²) in [6.45, 7) is 4.23. The summed E-state index contributed by atoms with van der Waals surface area (Å²) in [7, 11) is 0. The predicted octanol–water partition coefficient (Wildman–Crippen LogP) is 2.25. The second-order valence-electron chi connectivity index (χ2n) is 4.69. The maximum absolute atomic E-state index is 9.17. The maximum atomic E-state index is 9.17. The molecule has 96 valence electrons. The lowest BCUT2D eigenvalue weighted by Gasteiger charge is -2.21. The molecule has 2 rings (SSSR count). The van der Waals surface area contributed by atoms with Crippen molar-refractivity contribution >= 4 is 22.3 Å². The van der Waals surface area contributed by atoms with Crippen LogP contribution in [0.5, 0.6) is 0 Å².